The van der Waals surface area contributed by atoms with E-state index in [9.17, 15) is 0 Å². The summed E-state index contributed by atoms with van der Waals surface area (Å²) in [7, 11) is 0. The van der Waals surface area contributed by atoms with Gasteiger partial charge >= 0.3 is 0 Å². The average Bonchev–Trinajstić information content (AvgIpc) is 2.30. The third kappa shape index (κ3) is 4.19. The minimum atomic E-state index is 0.260. The summed E-state index contributed by atoms with van der Waals surface area (Å²) in [5.41, 5.74) is 6.70. The van der Waals surface area contributed by atoms with Gasteiger partial charge in [-0.2, -0.15) is 0 Å². The van der Waals surface area contributed by atoms with Gasteiger partial charge in [0.1, 0.15) is 0 Å². The number of hydrogen-bond acceptors (Lipinski definition) is 2. The molecule has 2 heteroatoms. The quantitative estimate of drug-likeness (QED) is 0.816. The van der Waals surface area contributed by atoms with Crippen molar-refractivity contribution >= 4 is 0 Å². The molecule has 2 nitrogen and oxygen atoms in total. The molecule has 0 aromatic heterocycles. The molecule has 2 aliphatic carbocycles. The molecule has 2 rings (SSSR count). The molecule has 5 unspecified atom stereocenters. The highest BCUT2D eigenvalue weighted by Gasteiger charge is 2.36. The first-order valence-corrected chi connectivity index (χ1v) is 8.27. The highest BCUT2D eigenvalue weighted by Crippen LogP contribution is 2.39. The van der Waals surface area contributed by atoms with Crippen molar-refractivity contribution in [1.82, 2.24) is 0 Å². The smallest absolute Gasteiger partial charge is 0.0732 e. The molecule has 2 aliphatic rings. The molecule has 0 radical (unpaired) electrons. The van der Waals surface area contributed by atoms with E-state index in [1.54, 1.807) is 0 Å². The van der Waals surface area contributed by atoms with Crippen molar-refractivity contribution in [1.29, 1.82) is 0 Å². The summed E-state index contributed by atoms with van der Waals surface area (Å²) in [4.78, 5) is 0. The second kappa shape index (κ2) is 6.13. The molecule has 0 heterocycles. The first-order valence-electron chi connectivity index (χ1n) is 8.27. The summed E-state index contributed by atoms with van der Waals surface area (Å²) in [6, 6.07) is 0.260. The molecule has 0 aromatic rings. The highest BCUT2D eigenvalue weighted by atomic mass is 16.5. The third-order valence-corrected chi connectivity index (χ3v) is 5.32. The van der Waals surface area contributed by atoms with Gasteiger partial charge in [-0.1, -0.05) is 40.5 Å². The molecule has 5 atom stereocenters. The number of nitrogens with two attached hydrogens (primary N) is 1. The number of ether oxygens (including phenoxy) is 1. The van der Waals surface area contributed by atoms with Crippen molar-refractivity contribution < 1.29 is 4.74 Å². The molecule has 0 bridgehead atoms. The van der Waals surface area contributed by atoms with Crippen LogP contribution < -0.4 is 5.73 Å². The Morgan fingerprint density at radius 3 is 2.37 bits per heavy atom. The van der Waals surface area contributed by atoms with Crippen molar-refractivity contribution in [3.8, 4) is 0 Å². The Hall–Kier alpha value is -0.0800. The maximum atomic E-state index is 6.42. The van der Waals surface area contributed by atoms with E-state index in [0.717, 1.165) is 24.7 Å². The number of hydrogen-bond donors (Lipinski definition) is 1. The van der Waals surface area contributed by atoms with Crippen LogP contribution in [0.25, 0.3) is 0 Å². The molecular weight excluding hydrogens is 234 g/mol. The summed E-state index contributed by atoms with van der Waals surface area (Å²) >= 11 is 0. The topological polar surface area (TPSA) is 35.2 Å². The molecule has 0 aromatic carbocycles. The fraction of sp³-hybridized carbons (Fsp3) is 1.00. The molecular formula is C17H33NO. The van der Waals surface area contributed by atoms with Gasteiger partial charge < -0.3 is 10.5 Å². The van der Waals surface area contributed by atoms with Crippen LogP contribution >= 0.6 is 0 Å². The van der Waals surface area contributed by atoms with E-state index in [4.69, 9.17) is 10.5 Å². The van der Waals surface area contributed by atoms with Crippen LogP contribution in [0.2, 0.25) is 0 Å². The van der Waals surface area contributed by atoms with E-state index in [-0.39, 0.29) is 6.04 Å². The molecule has 0 spiro atoms. The first kappa shape index (κ1) is 15.3. The van der Waals surface area contributed by atoms with E-state index in [1.807, 2.05) is 0 Å². The van der Waals surface area contributed by atoms with Crippen LogP contribution in [0.5, 0.6) is 0 Å². The van der Waals surface area contributed by atoms with Gasteiger partial charge in [0.05, 0.1) is 12.2 Å². The maximum absolute atomic E-state index is 6.42. The average molecular weight is 267 g/mol. The number of rotatable bonds is 2. The van der Waals surface area contributed by atoms with E-state index in [2.05, 4.69) is 27.7 Å². The predicted molar refractivity (Wildman–Crippen MR) is 81.1 cm³/mol. The van der Waals surface area contributed by atoms with E-state index in [1.165, 1.54) is 32.1 Å². The minimum absolute atomic E-state index is 0.260. The van der Waals surface area contributed by atoms with Gasteiger partial charge in [0.2, 0.25) is 0 Å². The Bertz CT molecular complexity index is 283. The highest BCUT2D eigenvalue weighted by molar-refractivity contribution is 4.89. The van der Waals surface area contributed by atoms with Crippen LogP contribution in [0, 0.1) is 17.3 Å². The Morgan fingerprint density at radius 1 is 1.00 bits per heavy atom. The van der Waals surface area contributed by atoms with Crippen molar-refractivity contribution in [3.05, 3.63) is 0 Å². The largest absolute Gasteiger partial charge is 0.373 e. The van der Waals surface area contributed by atoms with Gasteiger partial charge in [0.15, 0.2) is 0 Å². The third-order valence-electron chi connectivity index (χ3n) is 5.32. The van der Waals surface area contributed by atoms with Crippen LogP contribution in [0.3, 0.4) is 0 Å². The van der Waals surface area contributed by atoms with Crippen LogP contribution in [0.4, 0.5) is 0 Å². The Labute approximate surface area is 119 Å². The summed E-state index contributed by atoms with van der Waals surface area (Å²) in [6.07, 6.45) is 9.52. The Kier molecular flexibility index (Phi) is 4.94. The molecule has 19 heavy (non-hydrogen) atoms. The second-order valence-corrected chi connectivity index (χ2v) is 8.11. The van der Waals surface area contributed by atoms with Gasteiger partial charge in [-0.15, -0.1) is 0 Å². The Morgan fingerprint density at radius 2 is 1.74 bits per heavy atom. The van der Waals surface area contributed by atoms with Crippen molar-refractivity contribution in [3.63, 3.8) is 0 Å². The summed E-state index contributed by atoms with van der Waals surface area (Å²) in [6.45, 7) is 9.42. The maximum Gasteiger partial charge on any atom is 0.0732 e. The molecule has 2 N–H and O–H groups in total. The fourth-order valence-electron chi connectivity index (χ4n) is 3.84. The molecule has 2 fully saturated rings. The molecule has 0 saturated heterocycles. The lowest BCUT2D eigenvalue weighted by Crippen LogP contribution is -2.46. The van der Waals surface area contributed by atoms with Crippen LogP contribution in [-0.2, 0) is 4.74 Å². The molecule has 0 aliphatic heterocycles. The summed E-state index contributed by atoms with van der Waals surface area (Å²) in [5.74, 6) is 1.59. The normalized spacial score (nSPS) is 41.2. The lowest BCUT2D eigenvalue weighted by molar-refractivity contribution is -0.0793. The van der Waals surface area contributed by atoms with Crippen LogP contribution in [-0.4, -0.2) is 18.2 Å². The monoisotopic (exact) mass is 267 g/mol. The first-order chi connectivity index (χ1) is 8.86. The summed E-state index contributed by atoms with van der Waals surface area (Å²) in [5, 5.41) is 0. The van der Waals surface area contributed by atoms with E-state index < -0.39 is 0 Å². The van der Waals surface area contributed by atoms with Gasteiger partial charge in [0, 0.05) is 6.04 Å². The van der Waals surface area contributed by atoms with Crippen molar-refractivity contribution in [2.75, 3.05) is 0 Å². The molecule has 112 valence electrons. The Balaban J connectivity index is 1.90. The van der Waals surface area contributed by atoms with E-state index >= 15 is 0 Å². The van der Waals surface area contributed by atoms with Gasteiger partial charge in [-0.05, 0) is 49.4 Å². The lowest BCUT2D eigenvalue weighted by atomic mass is 9.70. The van der Waals surface area contributed by atoms with Crippen molar-refractivity contribution in [2.24, 2.45) is 23.0 Å². The van der Waals surface area contributed by atoms with Gasteiger partial charge in [-0.3, -0.25) is 0 Å². The summed E-state index contributed by atoms with van der Waals surface area (Å²) < 4.78 is 6.42. The van der Waals surface area contributed by atoms with Crippen LogP contribution in [0.15, 0.2) is 0 Å². The zero-order valence-electron chi connectivity index (χ0n) is 13.3. The fourth-order valence-corrected chi connectivity index (χ4v) is 3.84. The predicted octanol–water partition coefficient (Wildman–Crippen LogP) is 4.12. The minimum Gasteiger partial charge on any atom is -0.373 e. The zero-order valence-corrected chi connectivity index (χ0v) is 13.3. The molecule has 2 saturated carbocycles. The van der Waals surface area contributed by atoms with E-state index in [0.29, 0.717) is 17.6 Å². The zero-order chi connectivity index (χ0) is 14.0. The lowest BCUT2D eigenvalue weighted by Gasteiger charge is -2.42. The van der Waals surface area contributed by atoms with Gasteiger partial charge in [-0.25, -0.2) is 0 Å². The second-order valence-electron chi connectivity index (χ2n) is 8.11. The molecule has 0 amide bonds. The SMILES string of the molecule is CC1CCCC(OC2CC(C(C)(C)C)CCC2N)C1. The van der Waals surface area contributed by atoms with Gasteiger partial charge in [0.25, 0.3) is 0 Å². The van der Waals surface area contributed by atoms with Crippen LogP contribution in [0.1, 0.15) is 72.6 Å². The standard InChI is InChI=1S/C17H33NO/c1-12-6-5-7-14(10-12)19-16-11-13(17(2,3)4)8-9-15(16)18/h12-16H,5-11,18H2,1-4H3. The van der Waals surface area contributed by atoms with Crippen molar-refractivity contribution in [2.45, 2.75) is 90.9 Å².